The van der Waals surface area contributed by atoms with Gasteiger partial charge in [-0.05, 0) is 31.4 Å². The van der Waals surface area contributed by atoms with Gasteiger partial charge in [-0.2, -0.15) is 0 Å². The predicted octanol–water partition coefficient (Wildman–Crippen LogP) is 2.71. The van der Waals surface area contributed by atoms with Crippen molar-refractivity contribution in [3.63, 3.8) is 0 Å². The summed E-state index contributed by atoms with van der Waals surface area (Å²) in [5.74, 6) is 0.292. The topological polar surface area (TPSA) is 46.2 Å². The van der Waals surface area contributed by atoms with Crippen molar-refractivity contribution in [1.29, 1.82) is 0 Å². The second-order valence-electron chi connectivity index (χ2n) is 4.69. The predicted molar refractivity (Wildman–Crippen MR) is 70.4 cm³/mol. The minimum Gasteiger partial charge on any atom is -0.208 e. The fourth-order valence-corrected chi connectivity index (χ4v) is 3.14. The van der Waals surface area contributed by atoms with Crippen LogP contribution in [0.5, 0.6) is 0 Å². The van der Waals surface area contributed by atoms with Gasteiger partial charge in [-0.25, -0.2) is 13.1 Å². The van der Waals surface area contributed by atoms with Gasteiger partial charge in [0.2, 0.25) is 10.0 Å². The number of nitrogens with one attached hydrogen (secondary N) is 1. The third-order valence-corrected chi connectivity index (χ3v) is 4.39. The summed E-state index contributed by atoms with van der Waals surface area (Å²) in [7, 11) is -3.38. The highest BCUT2D eigenvalue weighted by Gasteiger charge is 2.20. The van der Waals surface area contributed by atoms with Crippen LogP contribution >= 0.6 is 0 Å². The van der Waals surface area contributed by atoms with Crippen LogP contribution in [-0.4, -0.2) is 14.5 Å². The van der Waals surface area contributed by atoms with Crippen LogP contribution < -0.4 is 4.72 Å². The van der Waals surface area contributed by atoms with Crippen LogP contribution in [0.4, 0.5) is 0 Å². The van der Waals surface area contributed by atoms with E-state index in [-0.39, 0.29) is 6.04 Å². The van der Waals surface area contributed by atoms with E-state index in [0.29, 0.717) is 10.8 Å². The van der Waals surface area contributed by atoms with Crippen molar-refractivity contribution in [2.24, 2.45) is 5.92 Å². The molecule has 0 unspecified atom stereocenters. The Kier molecular flexibility index (Phi) is 4.71. The monoisotopic (exact) mass is 255 g/mol. The zero-order chi connectivity index (χ0) is 13.1. The molecule has 0 aliphatic rings. The summed E-state index contributed by atoms with van der Waals surface area (Å²) in [4.78, 5) is 0.335. The maximum Gasteiger partial charge on any atom is 0.240 e. The van der Waals surface area contributed by atoms with Crippen LogP contribution in [0, 0.1) is 12.8 Å². The maximum atomic E-state index is 12.1. The van der Waals surface area contributed by atoms with E-state index in [2.05, 4.69) is 4.72 Å². The van der Waals surface area contributed by atoms with Gasteiger partial charge in [0, 0.05) is 6.04 Å². The van der Waals surface area contributed by atoms with Crippen LogP contribution in [0.25, 0.3) is 0 Å². The first-order valence-electron chi connectivity index (χ1n) is 5.96. The number of benzene rings is 1. The molecular formula is C13H21NO2S. The summed E-state index contributed by atoms with van der Waals surface area (Å²) in [6.07, 6.45) is 0.794. The van der Waals surface area contributed by atoms with Gasteiger partial charge < -0.3 is 0 Å². The fourth-order valence-electron chi connectivity index (χ4n) is 1.68. The van der Waals surface area contributed by atoms with Gasteiger partial charge in [-0.1, -0.05) is 38.5 Å². The molecule has 0 aromatic heterocycles. The second kappa shape index (κ2) is 5.65. The standard InChI is InChI=1S/C13H21NO2S/c1-5-13(10(2)3)14-17(15,16)12-8-6-11(4)7-9-12/h6-10,13-14H,5H2,1-4H3/t13-/m0/s1. The smallest absolute Gasteiger partial charge is 0.208 e. The third kappa shape index (κ3) is 3.82. The molecule has 0 aliphatic heterocycles. The van der Waals surface area contributed by atoms with Gasteiger partial charge in [-0.3, -0.25) is 0 Å². The zero-order valence-corrected chi connectivity index (χ0v) is 11.7. The van der Waals surface area contributed by atoms with Gasteiger partial charge >= 0.3 is 0 Å². The van der Waals surface area contributed by atoms with Crippen molar-refractivity contribution < 1.29 is 8.42 Å². The molecule has 1 atom stereocenters. The van der Waals surface area contributed by atoms with E-state index in [9.17, 15) is 8.42 Å². The quantitative estimate of drug-likeness (QED) is 0.879. The Morgan fingerprint density at radius 1 is 1.18 bits per heavy atom. The molecule has 0 saturated carbocycles. The number of hydrogen-bond donors (Lipinski definition) is 1. The molecule has 4 heteroatoms. The first-order chi connectivity index (χ1) is 7.86. The summed E-state index contributed by atoms with van der Waals surface area (Å²) in [5, 5.41) is 0. The summed E-state index contributed by atoms with van der Waals surface area (Å²) in [6.45, 7) is 7.97. The molecule has 0 amide bonds. The minimum absolute atomic E-state index is 0.0127. The molecular weight excluding hydrogens is 234 g/mol. The lowest BCUT2D eigenvalue weighted by atomic mass is 10.0. The van der Waals surface area contributed by atoms with Gasteiger partial charge in [-0.15, -0.1) is 0 Å². The van der Waals surface area contributed by atoms with E-state index in [4.69, 9.17) is 0 Å². The molecule has 0 fully saturated rings. The molecule has 0 aliphatic carbocycles. The van der Waals surface area contributed by atoms with Crippen molar-refractivity contribution in [2.75, 3.05) is 0 Å². The third-order valence-electron chi connectivity index (χ3n) is 2.88. The van der Waals surface area contributed by atoms with E-state index < -0.39 is 10.0 Å². The Bertz CT molecular complexity index is 449. The summed E-state index contributed by atoms with van der Waals surface area (Å²) in [6, 6.07) is 6.90. The lowest BCUT2D eigenvalue weighted by molar-refractivity contribution is 0.437. The van der Waals surface area contributed by atoms with Crippen molar-refractivity contribution in [3.8, 4) is 0 Å². The molecule has 0 radical (unpaired) electrons. The van der Waals surface area contributed by atoms with Gasteiger partial charge in [0.1, 0.15) is 0 Å². The second-order valence-corrected chi connectivity index (χ2v) is 6.41. The molecule has 3 nitrogen and oxygen atoms in total. The van der Waals surface area contributed by atoms with Gasteiger partial charge in [0.25, 0.3) is 0 Å². The summed E-state index contributed by atoms with van der Waals surface area (Å²) < 4.78 is 27.0. The largest absolute Gasteiger partial charge is 0.240 e. The van der Waals surface area contributed by atoms with Gasteiger partial charge in [0.05, 0.1) is 4.90 Å². The Morgan fingerprint density at radius 2 is 1.71 bits per heavy atom. The van der Waals surface area contributed by atoms with E-state index in [1.807, 2.05) is 39.8 Å². The van der Waals surface area contributed by atoms with Crippen LogP contribution in [0.1, 0.15) is 32.8 Å². The highest BCUT2D eigenvalue weighted by molar-refractivity contribution is 7.89. The Morgan fingerprint density at radius 3 is 2.12 bits per heavy atom. The van der Waals surface area contributed by atoms with Crippen LogP contribution in [-0.2, 0) is 10.0 Å². The molecule has 17 heavy (non-hydrogen) atoms. The van der Waals surface area contributed by atoms with Gasteiger partial charge in [0.15, 0.2) is 0 Å². The SMILES string of the molecule is CC[C@H](NS(=O)(=O)c1ccc(C)cc1)C(C)C. The first-order valence-corrected chi connectivity index (χ1v) is 7.44. The maximum absolute atomic E-state index is 12.1. The molecule has 0 spiro atoms. The van der Waals surface area contributed by atoms with Crippen molar-refractivity contribution in [2.45, 2.75) is 45.1 Å². The number of sulfonamides is 1. The molecule has 0 bridgehead atoms. The number of hydrogen-bond acceptors (Lipinski definition) is 2. The average Bonchev–Trinajstić information content (AvgIpc) is 2.26. The highest BCUT2D eigenvalue weighted by atomic mass is 32.2. The summed E-state index contributed by atoms with van der Waals surface area (Å²) >= 11 is 0. The highest BCUT2D eigenvalue weighted by Crippen LogP contribution is 2.14. The molecule has 0 saturated heterocycles. The lowest BCUT2D eigenvalue weighted by Crippen LogP contribution is -2.37. The Balaban J connectivity index is 2.92. The molecule has 1 aromatic carbocycles. The molecule has 96 valence electrons. The molecule has 0 heterocycles. The lowest BCUT2D eigenvalue weighted by Gasteiger charge is -2.20. The fraction of sp³-hybridized carbons (Fsp3) is 0.538. The van der Waals surface area contributed by atoms with Crippen molar-refractivity contribution in [3.05, 3.63) is 29.8 Å². The first kappa shape index (κ1) is 14.2. The van der Waals surface area contributed by atoms with Crippen LogP contribution in [0.15, 0.2) is 29.2 Å². The summed E-state index contributed by atoms with van der Waals surface area (Å²) in [5.41, 5.74) is 1.06. The normalized spacial score (nSPS) is 13.9. The van der Waals surface area contributed by atoms with Crippen LogP contribution in [0.3, 0.4) is 0 Å². The van der Waals surface area contributed by atoms with E-state index in [0.717, 1.165) is 12.0 Å². The number of aryl methyl sites for hydroxylation is 1. The van der Waals surface area contributed by atoms with E-state index in [1.54, 1.807) is 12.1 Å². The van der Waals surface area contributed by atoms with Crippen LogP contribution in [0.2, 0.25) is 0 Å². The van der Waals surface area contributed by atoms with Crippen molar-refractivity contribution >= 4 is 10.0 Å². The number of rotatable bonds is 5. The molecule has 1 aromatic rings. The Labute approximate surface area is 104 Å². The molecule has 1 N–H and O–H groups in total. The van der Waals surface area contributed by atoms with Crippen molar-refractivity contribution in [1.82, 2.24) is 4.72 Å². The minimum atomic E-state index is -3.38. The zero-order valence-electron chi connectivity index (χ0n) is 10.9. The Hall–Kier alpha value is -0.870. The van der Waals surface area contributed by atoms with E-state index in [1.165, 1.54) is 0 Å². The van der Waals surface area contributed by atoms with E-state index >= 15 is 0 Å². The average molecular weight is 255 g/mol. The molecule has 1 rings (SSSR count).